The van der Waals surface area contributed by atoms with Crippen molar-refractivity contribution < 1.29 is 14.3 Å². The van der Waals surface area contributed by atoms with Crippen molar-refractivity contribution in [1.29, 1.82) is 0 Å². The molecule has 0 saturated heterocycles. The molecule has 24 heavy (non-hydrogen) atoms. The van der Waals surface area contributed by atoms with Crippen LogP contribution in [0.1, 0.15) is 22.8 Å². The Bertz CT molecular complexity index is 654. The fourth-order valence-corrected chi connectivity index (χ4v) is 2.01. The number of hydrogen-bond acceptors (Lipinski definition) is 4. The molecule has 0 fully saturated rings. The van der Waals surface area contributed by atoms with Crippen molar-refractivity contribution in [2.75, 3.05) is 13.7 Å². The monoisotopic (exact) mass is 326 g/mol. The number of hydrazone groups is 1. The number of carbonyl (C=O) groups excluding carboxylic acids is 1. The third kappa shape index (κ3) is 5.85. The zero-order valence-corrected chi connectivity index (χ0v) is 13.9. The zero-order valence-electron chi connectivity index (χ0n) is 13.9. The molecule has 2 rings (SSSR count). The molecule has 0 aromatic heterocycles. The molecule has 1 atom stereocenters. The highest BCUT2D eigenvalue weighted by Gasteiger charge is 2.04. The molecule has 126 valence electrons. The van der Waals surface area contributed by atoms with Crippen molar-refractivity contribution in [3.05, 3.63) is 65.7 Å². The molecule has 0 aliphatic heterocycles. The lowest BCUT2D eigenvalue weighted by atomic mass is 10.2. The summed E-state index contributed by atoms with van der Waals surface area (Å²) in [5.74, 6) is 0.551. The Balaban J connectivity index is 1.71. The molecule has 0 heterocycles. The Morgan fingerprint density at radius 2 is 1.88 bits per heavy atom. The number of ether oxygens (including phenoxy) is 2. The standard InChI is InChI=1S/C19H22N2O3/c1-15(13-24-14-16-6-4-3-5-7-16)12-20-21-19(22)17-8-10-18(23-2)11-9-17/h3-12,15H,13-14H2,1-2H3,(H,21,22)/b20-12+. The normalized spacial score (nSPS) is 12.1. The first kappa shape index (κ1) is 17.7. The van der Waals surface area contributed by atoms with Gasteiger partial charge >= 0.3 is 0 Å². The molecule has 0 bridgehead atoms. The van der Waals surface area contributed by atoms with Gasteiger partial charge in [0.15, 0.2) is 0 Å². The number of carbonyl (C=O) groups is 1. The molecule has 0 saturated carbocycles. The molecule has 0 radical (unpaired) electrons. The van der Waals surface area contributed by atoms with E-state index in [9.17, 15) is 4.79 Å². The molecular weight excluding hydrogens is 304 g/mol. The van der Waals surface area contributed by atoms with Gasteiger partial charge in [0.1, 0.15) is 5.75 Å². The number of nitrogens with one attached hydrogen (secondary N) is 1. The van der Waals surface area contributed by atoms with Gasteiger partial charge in [-0.1, -0.05) is 37.3 Å². The number of amides is 1. The summed E-state index contributed by atoms with van der Waals surface area (Å²) in [6, 6.07) is 16.8. The van der Waals surface area contributed by atoms with E-state index in [-0.39, 0.29) is 11.8 Å². The van der Waals surface area contributed by atoms with Crippen LogP contribution in [0.5, 0.6) is 5.75 Å². The van der Waals surface area contributed by atoms with E-state index in [2.05, 4.69) is 10.5 Å². The van der Waals surface area contributed by atoms with Gasteiger partial charge in [0.25, 0.3) is 5.91 Å². The Kier molecular flexibility index (Phi) is 6.98. The highest BCUT2D eigenvalue weighted by Crippen LogP contribution is 2.11. The maximum Gasteiger partial charge on any atom is 0.271 e. The van der Waals surface area contributed by atoms with Crippen LogP contribution in [0, 0.1) is 5.92 Å². The van der Waals surface area contributed by atoms with E-state index in [1.54, 1.807) is 37.6 Å². The van der Waals surface area contributed by atoms with Gasteiger partial charge in [-0.3, -0.25) is 4.79 Å². The molecule has 5 heteroatoms. The van der Waals surface area contributed by atoms with Crippen molar-refractivity contribution >= 4 is 12.1 Å². The molecule has 2 aromatic carbocycles. The molecule has 0 aliphatic rings. The first-order valence-electron chi connectivity index (χ1n) is 7.78. The minimum atomic E-state index is -0.258. The van der Waals surface area contributed by atoms with Crippen LogP contribution in [-0.2, 0) is 11.3 Å². The molecule has 5 nitrogen and oxygen atoms in total. The van der Waals surface area contributed by atoms with Gasteiger partial charge in [0, 0.05) is 17.7 Å². The van der Waals surface area contributed by atoms with E-state index in [0.29, 0.717) is 24.5 Å². The predicted molar refractivity (Wildman–Crippen MR) is 94.2 cm³/mol. The van der Waals surface area contributed by atoms with E-state index in [4.69, 9.17) is 9.47 Å². The molecular formula is C19H22N2O3. The van der Waals surface area contributed by atoms with Gasteiger partial charge in [-0.25, -0.2) is 5.43 Å². The van der Waals surface area contributed by atoms with Crippen LogP contribution in [0.4, 0.5) is 0 Å². The van der Waals surface area contributed by atoms with Crippen LogP contribution < -0.4 is 10.2 Å². The van der Waals surface area contributed by atoms with Crippen LogP contribution in [0.2, 0.25) is 0 Å². The summed E-state index contributed by atoms with van der Waals surface area (Å²) in [5.41, 5.74) is 4.17. The largest absolute Gasteiger partial charge is 0.497 e. The Morgan fingerprint density at radius 3 is 2.54 bits per heavy atom. The number of nitrogens with zero attached hydrogens (tertiary/aromatic N) is 1. The number of benzene rings is 2. The summed E-state index contributed by atoms with van der Waals surface area (Å²) in [6.07, 6.45) is 1.67. The lowest BCUT2D eigenvalue weighted by molar-refractivity contribution is 0.0953. The zero-order chi connectivity index (χ0) is 17.2. The fraction of sp³-hybridized carbons (Fsp3) is 0.263. The highest BCUT2D eigenvalue weighted by atomic mass is 16.5. The van der Waals surface area contributed by atoms with Crippen molar-refractivity contribution in [2.24, 2.45) is 11.0 Å². The van der Waals surface area contributed by atoms with E-state index in [1.807, 2.05) is 37.3 Å². The van der Waals surface area contributed by atoms with Crippen LogP contribution >= 0.6 is 0 Å². The van der Waals surface area contributed by atoms with Gasteiger partial charge in [0.2, 0.25) is 0 Å². The van der Waals surface area contributed by atoms with Crippen LogP contribution in [0.25, 0.3) is 0 Å². The average Bonchev–Trinajstić information content (AvgIpc) is 2.62. The van der Waals surface area contributed by atoms with Crippen LogP contribution in [0.15, 0.2) is 59.7 Å². The second-order valence-electron chi connectivity index (χ2n) is 5.43. The second kappa shape index (κ2) is 9.47. The van der Waals surface area contributed by atoms with Gasteiger partial charge in [-0.05, 0) is 29.8 Å². The molecule has 2 aromatic rings. The van der Waals surface area contributed by atoms with Crippen molar-refractivity contribution in [1.82, 2.24) is 5.43 Å². The van der Waals surface area contributed by atoms with Crippen LogP contribution in [-0.4, -0.2) is 25.8 Å². The molecule has 0 spiro atoms. The van der Waals surface area contributed by atoms with E-state index in [0.717, 1.165) is 5.56 Å². The van der Waals surface area contributed by atoms with Crippen molar-refractivity contribution in [3.63, 3.8) is 0 Å². The first-order chi connectivity index (χ1) is 11.7. The van der Waals surface area contributed by atoms with E-state index < -0.39 is 0 Å². The Morgan fingerprint density at radius 1 is 1.17 bits per heavy atom. The minimum absolute atomic E-state index is 0.102. The summed E-state index contributed by atoms with van der Waals surface area (Å²) in [7, 11) is 1.58. The van der Waals surface area contributed by atoms with Crippen LogP contribution in [0.3, 0.4) is 0 Å². The van der Waals surface area contributed by atoms with Gasteiger partial charge in [-0.15, -0.1) is 0 Å². The maximum absolute atomic E-state index is 11.9. The lowest BCUT2D eigenvalue weighted by Gasteiger charge is -2.07. The topological polar surface area (TPSA) is 59.9 Å². The lowest BCUT2D eigenvalue weighted by Crippen LogP contribution is -2.19. The number of hydrogen-bond donors (Lipinski definition) is 1. The number of methoxy groups -OCH3 is 1. The molecule has 1 unspecified atom stereocenters. The Hall–Kier alpha value is -2.66. The number of rotatable bonds is 8. The van der Waals surface area contributed by atoms with Gasteiger partial charge in [-0.2, -0.15) is 5.10 Å². The van der Waals surface area contributed by atoms with Crippen molar-refractivity contribution in [3.8, 4) is 5.75 Å². The van der Waals surface area contributed by atoms with Crippen molar-refractivity contribution in [2.45, 2.75) is 13.5 Å². The first-order valence-corrected chi connectivity index (χ1v) is 7.78. The summed E-state index contributed by atoms with van der Waals surface area (Å²) < 4.78 is 10.7. The Labute approximate surface area is 142 Å². The minimum Gasteiger partial charge on any atom is -0.497 e. The summed E-state index contributed by atoms with van der Waals surface area (Å²) in [5, 5.41) is 3.98. The molecule has 1 amide bonds. The maximum atomic E-state index is 11.9. The highest BCUT2D eigenvalue weighted by molar-refractivity contribution is 5.94. The fourth-order valence-electron chi connectivity index (χ4n) is 2.01. The predicted octanol–water partition coefficient (Wildman–Crippen LogP) is 3.26. The summed E-state index contributed by atoms with van der Waals surface area (Å²) in [6.45, 7) is 3.09. The van der Waals surface area contributed by atoms with Gasteiger partial charge < -0.3 is 9.47 Å². The van der Waals surface area contributed by atoms with E-state index >= 15 is 0 Å². The van der Waals surface area contributed by atoms with Gasteiger partial charge in [0.05, 0.1) is 20.3 Å². The quantitative estimate of drug-likeness (QED) is 0.598. The SMILES string of the molecule is COc1ccc(C(=O)N/N=C/C(C)COCc2ccccc2)cc1. The third-order valence-corrected chi connectivity index (χ3v) is 3.34. The summed E-state index contributed by atoms with van der Waals surface area (Å²) in [4.78, 5) is 11.9. The molecule has 1 N–H and O–H groups in total. The second-order valence-corrected chi connectivity index (χ2v) is 5.43. The molecule has 0 aliphatic carbocycles. The third-order valence-electron chi connectivity index (χ3n) is 3.34. The average molecular weight is 326 g/mol. The smallest absolute Gasteiger partial charge is 0.271 e. The van der Waals surface area contributed by atoms with E-state index in [1.165, 1.54) is 0 Å². The summed E-state index contributed by atoms with van der Waals surface area (Å²) >= 11 is 0.